The lowest BCUT2D eigenvalue weighted by atomic mass is 9.75. The average Bonchev–Trinajstić information content (AvgIpc) is 3.90. The molecule has 4 saturated heterocycles. The van der Waals surface area contributed by atoms with Gasteiger partial charge in [0.1, 0.15) is 41.5 Å². The number of aromatic hydroxyl groups is 1. The zero-order valence-electron chi connectivity index (χ0n) is 38.4. The normalized spacial score (nSPS) is 36.8. The summed E-state index contributed by atoms with van der Waals surface area (Å²) in [7, 11) is 7.67. The summed E-state index contributed by atoms with van der Waals surface area (Å²) in [5.74, 6) is -3.41. The first-order chi connectivity index (χ1) is 30.6. The van der Waals surface area contributed by atoms with Crippen LogP contribution in [0.25, 0.3) is 11.0 Å². The van der Waals surface area contributed by atoms with E-state index in [2.05, 4.69) is 0 Å². The predicted molar refractivity (Wildman–Crippen MR) is 228 cm³/mol. The number of carbonyl (C=O) groups excluding carboxylic acids is 3. The number of ketones is 2. The Morgan fingerprint density at radius 1 is 0.846 bits per heavy atom. The molecule has 15 atom stereocenters. The fraction of sp³-hybridized carbons (Fsp3) is 0.617. The van der Waals surface area contributed by atoms with Crippen LogP contribution in [0.3, 0.4) is 0 Å². The molecule has 1 aromatic heterocycles. The first kappa shape index (κ1) is 47.3. The van der Waals surface area contributed by atoms with E-state index in [0.717, 1.165) is 19.2 Å². The van der Waals surface area contributed by atoms with Crippen LogP contribution in [0.1, 0.15) is 116 Å². The van der Waals surface area contributed by atoms with Gasteiger partial charge < -0.3 is 67.6 Å². The van der Waals surface area contributed by atoms with Crippen LogP contribution in [0.15, 0.2) is 33.5 Å². The Hall–Kier alpha value is -4.18. The van der Waals surface area contributed by atoms with E-state index in [9.17, 15) is 34.8 Å². The predicted octanol–water partition coefficient (Wildman–Crippen LogP) is 2.89. The second-order valence-electron chi connectivity index (χ2n) is 18.7. The molecule has 4 fully saturated rings. The number of phenolic OH excluding ortho intramolecular Hbond substituents is 1. The van der Waals surface area contributed by atoms with Crippen molar-refractivity contribution >= 4 is 28.5 Å². The molecule has 18 nitrogen and oxygen atoms in total. The Morgan fingerprint density at radius 3 is 2.08 bits per heavy atom. The van der Waals surface area contributed by atoms with E-state index >= 15 is 4.79 Å². The fourth-order valence-corrected chi connectivity index (χ4v) is 10.3. The molecule has 0 radical (unpaired) electrons. The Balaban J connectivity index is 1.24. The molecule has 4 aliphatic heterocycles. The first-order valence-electron chi connectivity index (χ1n) is 21.9. The minimum atomic E-state index is -2.82. The van der Waals surface area contributed by atoms with Crippen molar-refractivity contribution in [1.29, 1.82) is 0 Å². The molecule has 0 amide bonds. The third-order valence-electron chi connectivity index (χ3n) is 14.8. The van der Waals surface area contributed by atoms with Gasteiger partial charge >= 0.3 is 5.97 Å². The van der Waals surface area contributed by atoms with E-state index in [1.165, 1.54) is 33.3 Å². The van der Waals surface area contributed by atoms with Gasteiger partial charge in [-0.3, -0.25) is 14.4 Å². The van der Waals surface area contributed by atoms with Gasteiger partial charge in [0.25, 0.3) is 0 Å². The van der Waals surface area contributed by atoms with Crippen LogP contribution in [0.5, 0.6) is 5.75 Å². The zero-order valence-corrected chi connectivity index (χ0v) is 38.4. The monoisotopic (exact) mass is 909 g/mol. The first-order valence-corrected chi connectivity index (χ1v) is 21.9. The van der Waals surface area contributed by atoms with Crippen LogP contribution in [-0.4, -0.2) is 151 Å². The Morgan fingerprint density at radius 2 is 1.48 bits per heavy atom. The van der Waals surface area contributed by atoms with E-state index in [-0.39, 0.29) is 52.8 Å². The maximum absolute atomic E-state index is 15.1. The van der Waals surface area contributed by atoms with Crippen LogP contribution in [0, 0.1) is 0 Å². The van der Waals surface area contributed by atoms with Crippen LogP contribution < -0.4 is 5.43 Å². The number of nitrogens with zero attached hydrogens (tertiary/aromatic N) is 1. The van der Waals surface area contributed by atoms with Crippen molar-refractivity contribution in [1.82, 2.24) is 4.90 Å². The standard InChI is InChI=1S/C47H59NO17/c1-19-37(50)28(57-9)16-32(61-19)47(56,44(55)59-11)26-14-25-35(42-36(26)27(49)15-31(63-42)46(6)22(4)65-46)41(54)34-24(39(25)52)13-12-23(40(34)53)30-18-45(5,48(7)8)43(21(3)60-30)64-33-17-29(58-10)38(51)20(2)62-33/h12-15,19-22,28-30,32-33,37-38,43,50-51,53,56H,16-18H2,1-11H3/t19?,20?,21?,22?,28?,29?,30?,32?,33?,37?,38?,43?,45-,46?,47?/m0/s1. The van der Waals surface area contributed by atoms with Gasteiger partial charge in [-0.15, -0.1) is 0 Å². The Bertz CT molecular complexity index is 2470. The number of methoxy groups -OCH3 is 3. The number of rotatable bonds is 10. The van der Waals surface area contributed by atoms with E-state index < -0.39 is 135 Å². The third-order valence-corrected chi connectivity index (χ3v) is 14.8. The minimum absolute atomic E-state index is 0.0175. The van der Waals surface area contributed by atoms with Crippen molar-refractivity contribution < 1.29 is 77.1 Å². The molecule has 65 heavy (non-hydrogen) atoms. The number of aliphatic hydroxyl groups excluding tert-OH is 2. The molecule has 3 aromatic rings. The van der Waals surface area contributed by atoms with Crippen LogP contribution in [-0.2, 0) is 53.9 Å². The number of fused-ring (bicyclic) bond motifs is 4. The fourth-order valence-electron chi connectivity index (χ4n) is 10.3. The number of esters is 1. The molecule has 8 rings (SSSR count). The smallest absolute Gasteiger partial charge is 0.345 e. The van der Waals surface area contributed by atoms with Gasteiger partial charge in [-0.2, -0.15) is 0 Å². The molecule has 0 bridgehead atoms. The molecule has 0 spiro atoms. The highest BCUT2D eigenvalue weighted by Crippen LogP contribution is 2.50. The van der Waals surface area contributed by atoms with Crippen molar-refractivity contribution in [2.75, 3.05) is 35.4 Å². The maximum Gasteiger partial charge on any atom is 0.345 e. The highest BCUT2D eigenvalue weighted by atomic mass is 16.7. The molecule has 14 unspecified atom stereocenters. The molecular formula is C47H59NO17. The van der Waals surface area contributed by atoms with Gasteiger partial charge in [0.15, 0.2) is 23.1 Å². The number of benzene rings is 2. The summed E-state index contributed by atoms with van der Waals surface area (Å²) in [6.07, 6.45) is -9.32. The summed E-state index contributed by atoms with van der Waals surface area (Å²) in [4.78, 5) is 60.4. The summed E-state index contributed by atoms with van der Waals surface area (Å²) in [6.45, 7) is 10.5. The quantitative estimate of drug-likeness (QED) is 0.132. The molecule has 4 N–H and O–H groups in total. The maximum atomic E-state index is 15.1. The van der Waals surface area contributed by atoms with Gasteiger partial charge in [0, 0.05) is 60.9 Å². The number of phenols is 1. The summed E-state index contributed by atoms with van der Waals surface area (Å²) in [5.41, 5.74) is -7.38. The number of hydrogen-bond acceptors (Lipinski definition) is 18. The highest BCUT2D eigenvalue weighted by Gasteiger charge is 2.57. The molecule has 2 aromatic carbocycles. The van der Waals surface area contributed by atoms with Crippen LogP contribution in [0.2, 0.25) is 0 Å². The number of epoxide rings is 1. The average molecular weight is 910 g/mol. The molecule has 1 aliphatic carbocycles. The van der Waals surface area contributed by atoms with Crippen LogP contribution in [0.4, 0.5) is 0 Å². The SMILES string of the molecule is COC(=O)C(O)(c1cc2c(c3oc(C4(C)OC4C)cc(=O)c13)C(=O)c1c(ccc(C3C[C@](C)(N(C)C)C(OC4CC(OC)C(O)C(C)O4)C(C)O3)c1O)C2=O)C1CC(OC)C(O)C(C)O1. The Kier molecular flexibility index (Phi) is 12.3. The highest BCUT2D eigenvalue weighted by molar-refractivity contribution is 6.32. The molecule has 18 heteroatoms. The number of hydrogen-bond donors (Lipinski definition) is 4. The second kappa shape index (κ2) is 16.9. The summed E-state index contributed by atoms with van der Waals surface area (Å²) in [6, 6.07) is 5.16. The third kappa shape index (κ3) is 7.36. The zero-order chi connectivity index (χ0) is 47.4. The second-order valence-corrected chi connectivity index (χ2v) is 18.7. The van der Waals surface area contributed by atoms with Crippen LogP contribution >= 0.6 is 0 Å². The largest absolute Gasteiger partial charge is 0.507 e. The molecule has 5 heterocycles. The topological polar surface area (TPSA) is 243 Å². The van der Waals surface area contributed by atoms with Gasteiger partial charge in [-0.25, -0.2) is 4.79 Å². The van der Waals surface area contributed by atoms with Gasteiger partial charge in [-0.05, 0) is 74.2 Å². The molecular weight excluding hydrogens is 851 g/mol. The molecule has 5 aliphatic rings. The van der Waals surface area contributed by atoms with E-state index in [4.69, 9.17) is 42.3 Å². The van der Waals surface area contributed by atoms with E-state index in [1.807, 2.05) is 32.8 Å². The van der Waals surface area contributed by atoms with Crippen molar-refractivity contribution in [2.45, 2.75) is 151 Å². The lowest BCUT2D eigenvalue weighted by Gasteiger charge is -2.52. The Labute approximate surface area is 375 Å². The number of likely N-dealkylation sites (N-methyl/N-ethyl adjacent to an activating group) is 1. The van der Waals surface area contributed by atoms with Gasteiger partial charge in [0.05, 0.1) is 66.4 Å². The number of aliphatic hydroxyl groups is 3. The van der Waals surface area contributed by atoms with Crippen molar-refractivity contribution in [3.63, 3.8) is 0 Å². The number of carbonyl (C=O) groups is 3. The van der Waals surface area contributed by atoms with Gasteiger partial charge in [-0.1, -0.05) is 6.07 Å². The summed E-state index contributed by atoms with van der Waals surface area (Å²) in [5, 5.41) is 45.9. The lowest BCUT2D eigenvalue weighted by Crippen LogP contribution is -2.62. The van der Waals surface area contributed by atoms with E-state index in [1.54, 1.807) is 20.8 Å². The summed E-state index contributed by atoms with van der Waals surface area (Å²) >= 11 is 0. The van der Waals surface area contributed by atoms with Crippen molar-refractivity contribution in [3.8, 4) is 5.75 Å². The summed E-state index contributed by atoms with van der Waals surface area (Å²) < 4.78 is 53.6. The lowest BCUT2D eigenvalue weighted by molar-refractivity contribution is -0.300. The minimum Gasteiger partial charge on any atom is -0.507 e. The molecule has 354 valence electrons. The van der Waals surface area contributed by atoms with Gasteiger partial charge in [0.2, 0.25) is 11.4 Å². The van der Waals surface area contributed by atoms with E-state index in [0.29, 0.717) is 0 Å². The number of ether oxygens (including phenoxy) is 8. The van der Waals surface area contributed by atoms with Crippen molar-refractivity contribution in [3.05, 3.63) is 73.6 Å². The van der Waals surface area contributed by atoms with Crippen molar-refractivity contribution in [2.24, 2.45) is 0 Å². The molecule has 0 saturated carbocycles.